The van der Waals surface area contributed by atoms with Crippen LogP contribution in [0.25, 0.3) is 11.3 Å². The van der Waals surface area contributed by atoms with E-state index in [1.165, 1.54) is 0 Å². The van der Waals surface area contributed by atoms with E-state index < -0.39 is 0 Å². The van der Waals surface area contributed by atoms with Crippen LogP contribution in [0.5, 0.6) is 0 Å². The van der Waals surface area contributed by atoms with E-state index in [9.17, 15) is 0 Å². The first-order valence-electron chi connectivity index (χ1n) is 5.56. The van der Waals surface area contributed by atoms with Gasteiger partial charge in [0.05, 0.1) is 5.69 Å². The summed E-state index contributed by atoms with van der Waals surface area (Å²) >= 11 is 0. The molecule has 0 amide bonds. The Hall–Kier alpha value is -1.32. The Morgan fingerprint density at radius 2 is 2.00 bits per heavy atom. The van der Waals surface area contributed by atoms with Gasteiger partial charge < -0.3 is 9.84 Å². The third kappa shape index (κ3) is 3.88. The molecule has 0 bridgehead atoms. The van der Waals surface area contributed by atoms with Gasteiger partial charge in [0.1, 0.15) is 0 Å². The molecule has 3 nitrogen and oxygen atoms in total. The topological polar surface area (TPSA) is 38.1 Å². The lowest BCUT2D eigenvalue weighted by Crippen LogP contribution is -2.08. The number of halogens is 1. The lowest BCUT2D eigenvalue weighted by molar-refractivity contribution is 0.422. The van der Waals surface area contributed by atoms with Crippen molar-refractivity contribution in [3.8, 4) is 11.3 Å². The number of hydrogen-bond donors (Lipinski definition) is 1. The third-order valence-corrected chi connectivity index (χ3v) is 2.48. The summed E-state index contributed by atoms with van der Waals surface area (Å²) in [5, 5.41) is 7.18. The van der Waals surface area contributed by atoms with Crippen LogP contribution in [0, 0.1) is 0 Å². The highest BCUT2D eigenvalue weighted by atomic mass is 35.5. The van der Waals surface area contributed by atoms with Gasteiger partial charge in [-0.25, -0.2) is 0 Å². The van der Waals surface area contributed by atoms with E-state index in [4.69, 9.17) is 4.52 Å². The fourth-order valence-corrected chi connectivity index (χ4v) is 1.61. The molecule has 0 aliphatic carbocycles. The summed E-state index contributed by atoms with van der Waals surface area (Å²) in [6.07, 6.45) is 2.04. The summed E-state index contributed by atoms with van der Waals surface area (Å²) in [7, 11) is 1.96. The van der Waals surface area contributed by atoms with Crippen LogP contribution in [0.4, 0.5) is 0 Å². The molecule has 2 aromatic rings. The summed E-state index contributed by atoms with van der Waals surface area (Å²) in [5.74, 6) is 0.847. The van der Waals surface area contributed by atoms with Gasteiger partial charge in [-0.05, 0) is 26.4 Å². The van der Waals surface area contributed by atoms with Gasteiger partial charge in [0.15, 0.2) is 5.76 Å². The molecular weight excluding hydrogens is 236 g/mol. The Balaban J connectivity index is 0.00000144. The Bertz CT molecular complexity index is 428. The second kappa shape index (κ2) is 7.09. The fraction of sp³-hybridized carbons (Fsp3) is 0.308. The second-order valence-electron chi connectivity index (χ2n) is 3.76. The highest BCUT2D eigenvalue weighted by molar-refractivity contribution is 5.85. The minimum Gasteiger partial charge on any atom is -0.356 e. The first kappa shape index (κ1) is 13.7. The van der Waals surface area contributed by atoms with Crippen LogP contribution < -0.4 is 5.32 Å². The maximum atomic E-state index is 5.31. The Morgan fingerprint density at radius 1 is 1.24 bits per heavy atom. The van der Waals surface area contributed by atoms with E-state index in [1.807, 2.05) is 43.4 Å². The zero-order valence-electron chi connectivity index (χ0n) is 9.85. The minimum atomic E-state index is 0. The fourth-order valence-electron chi connectivity index (χ4n) is 1.61. The van der Waals surface area contributed by atoms with Crippen LogP contribution in [-0.2, 0) is 6.42 Å². The van der Waals surface area contributed by atoms with E-state index >= 15 is 0 Å². The van der Waals surface area contributed by atoms with Crippen LogP contribution in [0.2, 0.25) is 0 Å². The molecule has 2 rings (SSSR count). The van der Waals surface area contributed by atoms with Crippen molar-refractivity contribution in [2.45, 2.75) is 12.8 Å². The molecule has 4 heteroatoms. The average Bonchev–Trinajstić information content (AvgIpc) is 2.79. The van der Waals surface area contributed by atoms with Crippen molar-refractivity contribution in [1.29, 1.82) is 0 Å². The van der Waals surface area contributed by atoms with Gasteiger partial charge in [0, 0.05) is 11.6 Å². The van der Waals surface area contributed by atoms with Crippen molar-refractivity contribution in [3.05, 3.63) is 42.1 Å². The third-order valence-electron chi connectivity index (χ3n) is 2.48. The predicted octanol–water partition coefficient (Wildman–Crippen LogP) is 2.92. The molecule has 0 aliphatic rings. The number of aryl methyl sites for hydroxylation is 1. The van der Waals surface area contributed by atoms with Gasteiger partial charge in [-0.15, -0.1) is 12.4 Å². The van der Waals surface area contributed by atoms with Gasteiger partial charge in [-0.1, -0.05) is 35.5 Å². The molecule has 1 aromatic carbocycles. The predicted molar refractivity (Wildman–Crippen MR) is 71.4 cm³/mol. The monoisotopic (exact) mass is 252 g/mol. The maximum Gasteiger partial charge on any atom is 0.167 e. The summed E-state index contributed by atoms with van der Waals surface area (Å²) in [6, 6.07) is 12.1. The van der Waals surface area contributed by atoms with E-state index in [0.29, 0.717) is 0 Å². The van der Waals surface area contributed by atoms with E-state index in [0.717, 1.165) is 36.4 Å². The van der Waals surface area contributed by atoms with Crippen molar-refractivity contribution >= 4 is 12.4 Å². The van der Waals surface area contributed by atoms with E-state index in [1.54, 1.807) is 0 Å². The zero-order valence-corrected chi connectivity index (χ0v) is 10.7. The summed E-state index contributed by atoms with van der Waals surface area (Å²) in [4.78, 5) is 0. The number of hydrogen-bond acceptors (Lipinski definition) is 3. The normalized spacial score (nSPS) is 9.94. The van der Waals surface area contributed by atoms with Crippen molar-refractivity contribution in [1.82, 2.24) is 10.5 Å². The number of rotatable bonds is 5. The molecule has 1 aromatic heterocycles. The van der Waals surface area contributed by atoms with Gasteiger partial charge in [0.2, 0.25) is 0 Å². The van der Waals surface area contributed by atoms with Crippen LogP contribution in [0.15, 0.2) is 40.9 Å². The van der Waals surface area contributed by atoms with Crippen LogP contribution in [-0.4, -0.2) is 18.7 Å². The Kier molecular flexibility index (Phi) is 5.73. The SMILES string of the molecule is CNCCCc1cc(-c2ccccc2)on1.Cl. The molecule has 0 radical (unpaired) electrons. The lowest BCUT2D eigenvalue weighted by atomic mass is 10.1. The van der Waals surface area contributed by atoms with Crippen LogP contribution in [0.3, 0.4) is 0 Å². The van der Waals surface area contributed by atoms with Gasteiger partial charge in [0.25, 0.3) is 0 Å². The minimum absolute atomic E-state index is 0. The van der Waals surface area contributed by atoms with Crippen molar-refractivity contribution < 1.29 is 4.52 Å². The Morgan fingerprint density at radius 3 is 2.71 bits per heavy atom. The molecule has 0 saturated carbocycles. The maximum absolute atomic E-state index is 5.31. The summed E-state index contributed by atoms with van der Waals surface area (Å²) in [6.45, 7) is 1.01. The van der Waals surface area contributed by atoms with Gasteiger partial charge in [-0.3, -0.25) is 0 Å². The smallest absolute Gasteiger partial charge is 0.167 e. The number of nitrogens with one attached hydrogen (secondary N) is 1. The Labute approximate surface area is 108 Å². The lowest BCUT2D eigenvalue weighted by Gasteiger charge is -1.94. The molecule has 0 saturated heterocycles. The summed E-state index contributed by atoms with van der Waals surface area (Å²) in [5.41, 5.74) is 2.10. The first-order chi connectivity index (χ1) is 7.90. The zero-order chi connectivity index (χ0) is 11.2. The van der Waals surface area contributed by atoms with Crippen LogP contribution >= 0.6 is 12.4 Å². The molecule has 1 heterocycles. The largest absolute Gasteiger partial charge is 0.356 e. The average molecular weight is 253 g/mol. The highest BCUT2D eigenvalue weighted by Gasteiger charge is 2.05. The van der Waals surface area contributed by atoms with Gasteiger partial charge in [-0.2, -0.15) is 0 Å². The number of aromatic nitrogens is 1. The highest BCUT2D eigenvalue weighted by Crippen LogP contribution is 2.19. The van der Waals surface area contributed by atoms with Crippen molar-refractivity contribution in [2.75, 3.05) is 13.6 Å². The first-order valence-corrected chi connectivity index (χ1v) is 5.56. The quantitative estimate of drug-likeness (QED) is 0.832. The number of benzene rings is 1. The molecule has 0 atom stereocenters. The molecule has 0 unspecified atom stereocenters. The second-order valence-corrected chi connectivity index (χ2v) is 3.76. The van der Waals surface area contributed by atoms with E-state index in [2.05, 4.69) is 10.5 Å². The van der Waals surface area contributed by atoms with Crippen molar-refractivity contribution in [3.63, 3.8) is 0 Å². The van der Waals surface area contributed by atoms with Crippen molar-refractivity contribution in [2.24, 2.45) is 0 Å². The molecule has 92 valence electrons. The molecular formula is C13H17ClN2O. The van der Waals surface area contributed by atoms with Crippen LogP contribution in [0.1, 0.15) is 12.1 Å². The molecule has 17 heavy (non-hydrogen) atoms. The number of nitrogens with zero attached hydrogens (tertiary/aromatic N) is 1. The van der Waals surface area contributed by atoms with Gasteiger partial charge >= 0.3 is 0 Å². The molecule has 1 N–H and O–H groups in total. The molecule has 0 fully saturated rings. The van der Waals surface area contributed by atoms with E-state index in [-0.39, 0.29) is 12.4 Å². The standard InChI is InChI=1S/C13H16N2O.ClH/c1-14-9-5-8-12-10-13(16-15-12)11-6-3-2-4-7-11;/h2-4,6-7,10,14H,5,8-9H2,1H3;1H. The molecule has 0 aliphatic heterocycles. The molecule has 0 spiro atoms. The summed E-state index contributed by atoms with van der Waals surface area (Å²) < 4.78 is 5.31.